The van der Waals surface area contributed by atoms with Gasteiger partial charge in [0.15, 0.2) is 0 Å². The highest BCUT2D eigenvalue weighted by Crippen LogP contribution is 2.26. The lowest BCUT2D eigenvalue weighted by molar-refractivity contribution is -0.127. The van der Waals surface area contributed by atoms with Crippen LogP contribution >= 0.6 is 11.6 Å². The van der Waals surface area contributed by atoms with E-state index in [9.17, 15) is 9.59 Å². The molecule has 6 heteroatoms. The fraction of sp³-hybridized carbons (Fsp3) is 0.500. The van der Waals surface area contributed by atoms with E-state index in [0.29, 0.717) is 10.7 Å². The van der Waals surface area contributed by atoms with E-state index in [-0.39, 0.29) is 30.4 Å². The van der Waals surface area contributed by atoms with Gasteiger partial charge in [0.1, 0.15) is 12.2 Å². The molecule has 1 saturated carbocycles. The summed E-state index contributed by atoms with van der Waals surface area (Å²) in [6, 6.07) is 3.42. The number of fused-ring (bicyclic) bond motifs is 1. The van der Waals surface area contributed by atoms with Crippen molar-refractivity contribution in [3.05, 3.63) is 29.0 Å². The van der Waals surface area contributed by atoms with Gasteiger partial charge in [0.2, 0.25) is 5.91 Å². The van der Waals surface area contributed by atoms with Crippen molar-refractivity contribution in [2.75, 3.05) is 6.54 Å². The highest BCUT2D eigenvalue weighted by atomic mass is 35.5. The van der Waals surface area contributed by atoms with Crippen LogP contribution in [-0.4, -0.2) is 40.3 Å². The topological polar surface area (TPSA) is 62.3 Å². The number of nitrogens with one attached hydrogen (secondary N) is 1. The maximum atomic E-state index is 12.6. The van der Waals surface area contributed by atoms with E-state index in [1.807, 2.05) is 0 Å². The minimum absolute atomic E-state index is 0.0845. The number of pyridine rings is 1. The van der Waals surface area contributed by atoms with E-state index in [0.717, 1.165) is 25.7 Å². The van der Waals surface area contributed by atoms with Crippen LogP contribution in [0.15, 0.2) is 18.3 Å². The van der Waals surface area contributed by atoms with Crippen LogP contribution in [0, 0.1) is 0 Å². The van der Waals surface area contributed by atoms with E-state index in [1.165, 1.54) is 6.20 Å². The van der Waals surface area contributed by atoms with Gasteiger partial charge in [0.25, 0.3) is 5.91 Å². The third-order valence-electron chi connectivity index (χ3n) is 4.00. The first-order chi connectivity index (χ1) is 9.65. The number of hydrogen-bond acceptors (Lipinski definition) is 3. The van der Waals surface area contributed by atoms with E-state index in [1.54, 1.807) is 17.0 Å². The second kappa shape index (κ2) is 5.40. The van der Waals surface area contributed by atoms with Crippen molar-refractivity contribution >= 4 is 23.4 Å². The van der Waals surface area contributed by atoms with Crippen molar-refractivity contribution in [1.82, 2.24) is 15.2 Å². The lowest BCUT2D eigenvalue weighted by Gasteiger charge is -2.43. The molecule has 1 aromatic heterocycles. The summed E-state index contributed by atoms with van der Waals surface area (Å²) in [6.07, 6.45) is 5.52. The van der Waals surface area contributed by atoms with Gasteiger partial charge in [-0.2, -0.15) is 0 Å². The van der Waals surface area contributed by atoms with Gasteiger partial charge < -0.3 is 10.2 Å². The molecule has 5 nitrogen and oxygen atoms in total. The van der Waals surface area contributed by atoms with Crippen LogP contribution in [0.25, 0.3) is 0 Å². The van der Waals surface area contributed by atoms with Crippen molar-refractivity contribution in [1.29, 1.82) is 0 Å². The summed E-state index contributed by atoms with van der Waals surface area (Å²) in [5.74, 6) is -0.274. The Bertz CT molecular complexity index is 532. The lowest BCUT2D eigenvalue weighted by atomic mass is 9.87. The van der Waals surface area contributed by atoms with Gasteiger partial charge in [-0.3, -0.25) is 9.59 Å². The lowest BCUT2D eigenvalue weighted by Crippen LogP contribution is -2.63. The minimum atomic E-state index is -0.187. The molecule has 2 fully saturated rings. The third-order valence-corrected chi connectivity index (χ3v) is 4.22. The molecule has 0 bridgehead atoms. The summed E-state index contributed by atoms with van der Waals surface area (Å²) >= 11 is 5.78. The maximum Gasteiger partial charge on any atom is 0.273 e. The molecule has 1 saturated heterocycles. The Balaban J connectivity index is 1.84. The number of piperazine rings is 1. The van der Waals surface area contributed by atoms with Crippen LogP contribution in [0.5, 0.6) is 0 Å². The monoisotopic (exact) mass is 293 g/mol. The van der Waals surface area contributed by atoms with Crippen molar-refractivity contribution in [2.24, 2.45) is 0 Å². The number of rotatable bonds is 1. The Kier molecular flexibility index (Phi) is 3.61. The first-order valence-corrected chi connectivity index (χ1v) is 7.25. The van der Waals surface area contributed by atoms with E-state index < -0.39 is 0 Å². The van der Waals surface area contributed by atoms with E-state index in [4.69, 9.17) is 11.6 Å². The number of nitrogens with zero attached hydrogens (tertiary/aromatic N) is 2. The number of amides is 2. The zero-order valence-electron chi connectivity index (χ0n) is 11.0. The summed E-state index contributed by atoms with van der Waals surface area (Å²) in [7, 11) is 0. The Labute approximate surface area is 122 Å². The van der Waals surface area contributed by atoms with Gasteiger partial charge in [-0.05, 0) is 25.0 Å². The summed E-state index contributed by atoms with van der Waals surface area (Å²) in [6.45, 7) is 0.115. The van der Waals surface area contributed by atoms with Crippen LogP contribution in [0.2, 0.25) is 5.02 Å². The summed E-state index contributed by atoms with van der Waals surface area (Å²) in [4.78, 5) is 30.1. The molecule has 3 rings (SSSR count). The SMILES string of the molecule is O=C1CN(C(=O)c2ccc(Cl)cn2)[C@H]2CCCC[C@H]2N1. The number of carbonyl (C=O) groups excluding carboxylic acids is 2. The van der Waals surface area contributed by atoms with Gasteiger partial charge in [0.05, 0.1) is 11.1 Å². The molecule has 1 aliphatic heterocycles. The summed E-state index contributed by atoms with van der Waals surface area (Å²) in [5.41, 5.74) is 0.341. The fourth-order valence-electron chi connectivity index (χ4n) is 3.05. The third kappa shape index (κ3) is 2.50. The molecule has 2 aliphatic rings. The molecule has 106 valence electrons. The van der Waals surface area contributed by atoms with Crippen molar-refractivity contribution in [3.8, 4) is 0 Å². The van der Waals surface area contributed by atoms with Gasteiger partial charge in [-0.1, -0.05) is 24.4 Å². The molecule has 2 amide bonds. The molecule has 0 radical (unpaired) electrons. The fourth-order valence-corrected chi connectivity index (χ4v) is 3.16. The summed E-state index contributed by atoms with van der Waals surface area (Å²) < 4.78 is 0. The quantitative estimate of drug-likeness (QED) is 0.856. The Hall–Kier alpha value is -1.62. The zero-order chi connectivity index (χ0) is 14.1. The number of halogens is 1. The first-order valence-electron chi connectivity index (χ1n) is 6.87. The predicted molar refractivity (Wildman–Crippen MR) is 74.5 cm³/mol. The molecule has 0 aromatic carbocycles. The number of carbonyl (C=O) groups is 2. The largest absolute Gasteiger partial charge is 0.350 e. The Morgan fingerprint density at radius 2 is 2.15 bits per heavy atom. The van der Waals surface area contributed by atoms with Crippen LogP contribution < -0.4 is 5.32 Å². The Morgan fingerprint density at radius 1 is 1.35 bits per heavy atom. The molecule has 0 spiro atoms. The van der Waals surface area contributed by atoms with Crippen molar-refractivity contribution < 1.29 is 9.59 Å². The van der Waals surface area contributed by atoms with Crippen LogP contribution in [-0.2, 0) is 4.79 Å². The predicted octanol–water partition coefficient (Wildman–Crippen LogP) is 1.62. The highest BCUT2D eigenvalue weighted by Gasteiger charge is 2.39. The molecule has 1 aromatic rings. The van der Waals surface area contributed by atoms with Crippen LogP contribution in [0.1, 0.15) is 36.2 Å². The van der Waals surface area contributed by atoms with Gasteiger partial charge >= 0.3 is 0 Å². The van der Waals surface area contributed by atoms with Gasteiger partial charge in [-0.25, -0.2) is 4.98 Å². The molecule has 2 heterocycles. The summed E-state index contributed by atoms with van der Waals surface area (Å²) in [5, 5.41) is 3.48. The average Bonchev–Trinajstić information content (AvgIpc) is 2.46. The normalized spacial score (nSPS) is 25.9. The molecular weight excluding hydrogens is 278 g/mol. The number of aromatic nitrogens is 1. The smallest absolute Gasteiger partial charge is 0.273 e. The molecule has 1 aliphatic carbocycles. The van der Waals surface area contributed by atoms with Crippen LogP contribution in [0.3, 0.4) is 0 Å². The molecule has 2 atom stereocenters. The van der Waals surface area contributed by atoms with Gasteiger partial charge in [0, 0.05) is 12.2 Å². The molecule has 0 unspecified atom stereocenters. The number of hydrogen-bond donors (Lipinski definition) is 1. The van der Waals surface area contributed by atoms with Crippen molar-refractivity contribution in [3.63, 3.8) is 0 Å². The molecule has 1 N–H and O–H groups in total. The zero-order valence-corrected chi connectivity index (χ0v) is 11.8. The first kappa shape index (κ1) is 13.4. The highest BCUT2D eigenvalue weighted by molar-refractivity contribution is 6.30. The molecular formula is C14H16ClN3O2. The Morgan fingerprint density at radius 3 is 2.90 bits per heavy atom. The maximum absolute atomic E-state index is 12.6. The second-order valence-corrected chi connectivity index (χ2v) is 5.76. The standard InChI is InChI=1S/C14H16ClN3O2/c15-9-5-6-11(16-7-9)14(20)18-8-13(19)17-10-3-1-2-4-12(10)18/h5-7,10,12H,1-4,8H2,(H,17,19)/t10-,12+/m1/s1. The van der Waals surface area contributed by atoms with E-state index >= 15 is 0 Å². The second-order valence-electron chi connectivity index (χ2n) is 5.32. The van der Waals surface area contributed by atoms with Crippen molar-refractivity contribution in [2.45, 2.75) is 37.8 Å². The van der Waals surface area contributed by atoms with Crippen LogP contribution in [0.4, 0.5) is 0 Å². The molecule has 20 heavy (non-hydrogen) atoms. The average molecular weight is 294 g/mol. The van der Waals surface area contributed by atoms with E-state index in [2.05, 4.69) is 10.3 Å². The minimum Gasteiger partial charge on any atom is -0.350 e. The van der Waals surface area contributed by atoms with Gasteiger partial charge in [-0.15, -0.1) is 0 Å².